The molecule has 26 heavy (non-hydrogen) atoms. The van der Waals surface area contributed by atoms with E-state index >= 15 is 0 Å². The second-order valence-corrected chi connectivity index (χ2v) is 8.35. The van der Waals surface area contributed by atoms with Gasteiger partial charge in [-0.3, -0.25) is 0 Å². The number of nitrogens with one attached hydrogen (secondary N) is 1. The van der Waals surface area contributed by atoms with Crippen LogP contribution in [0.25, 0.3) is 0 Å². The van der Waals surface area contributed by atoms with E-state index in [9.17, 15) is 14.0 Å². The van der Waals surface area contributed by atoms with Crippen LogP contribution >= 0.6 is 27.5 Å². The largest absolute Gasteiger partial charge is 0.444 e. The average Bonchev–Trinajstić information content (AvgIpc) is 2.53. The molecule has 0 radical (unpaired) electrons. The van der Waals surface area contributed by atoms with Crippen LogP contribution in [0.4, 0.5) is 19.7 Å². The minimum atomic E-state index is -0.700. The maximum Gasteiger partial charge on any atom is 0.410 e. The van der Waals surface area contributed by atoms with E-state index in [1.807, 2.05) is 6.92 Å². The van der Waals surface area contributed by atoms with Gasteiger partial charge < -0.3 is 19.9 Å². The number of benzene rings is 1. The highest BCUT2D eigenvalue weighted by Crippen LogP contribution is 2.30. The van der Waals surface area contributed by atoms with Gasteiger partial charge in [-0.25, -0.2) is 14.0 Å². The molecular formula is C17H22BrClFN3O3. The molecule has 1 saturated heterocycles. The number of carbonyl (C=O) groups excluding carboxylic acids is 2. The van der Waals surface area contributed by atoms with Crippen LogP contribution in [0.2, 0.25) is 5.02 Å². The van der Waals surface area contributed by atoms with Crippen molar-refractivity contribution in [1.29, 1.82) is 0 Å². The van der Waals surface area contributed by atoms with E-state index in [-0.39, 0.29) is 16.8 Å². The lowest BCUT2D eigenvalue weighted by atomic mass is 10.2. The van der Waals surface area contributed by atoms with Crippen LogP contribution in [0.5, 0.6) is 0 Å². The van der Waals surface area contributed by atoms with Crippen LogP contribution in [-0.2, 0) is 4.74 Å². The molecule has 1 unspecified atom stereocenters. The Morgan fingerprint density at radius 2 is 2.00 bits per heavy atom. The topological polar surface area (TPSA) is 61.9 Å². The third-order valence-corrected chi connectivity index (χ3v) is 5.08. The van der Waals surface area contributed by atoms with Gasteiger partial charge in [0.25, 0.3) is 0 Å². The van der Waals surface area contributed by atoms with Gasteiger partial charge in [-0.2, -0.15) is 0 Å². The molecule has 2 rings (SSSR count). The monoisotopic (exact) mass is 449 g/mol. The van der Waals surface area contributed by atoms with Gasteiger partial charge in [-0.15, -0.1) is 0 Å². The molecule has 3 amide bonds. The summed E-state index contributed by atoms with van der Waals surface area (Å²) in [7, 11) is 0. The van der Waals surface area contributed by atoms with Gasteiger partial charge in [-0.05, 0) is 55.8 Å². The first-order chi connectivity index (χ1) is 12.0. The van der Waals surface area contributed by atoms with Gasteiger partial charge >= 0.3 is 12.1 Å². The summed E-state index contributed by atoms with van der Waals surface area (Å²) in [4.78, 5) is 27.8. The van der Waals surface area contributed by atoms with Gasteiger partial charge in [0.1, 0.15) is 5.60 Å². The third-order valence-electron chi connectivity index (χ3n) is 3.82. The first-order valence-electron chi connectivity index (χ1n) is 8.18. The summed E-state index contributed by atoms with van der Waals surface area (Å²) in [6, 6.07) is 2.30. The average molecular weight is 451 g/mol. The van der Waals surface area contributed by atoms with Crippen molar-refractivity contribution in [2.24, 2.45) is 0 Å². The van der Waals surface area contributed by atoms with Gasteiger partial charge in [0.05, 0.1) is 10.7 Å². The molecule has 0 bridgehead atoms. The molecule has 1 aliphatic rings. The van der Waals surface area contributed by atoms with Crippen LogP contribution in [0.1, 0.15) is 27.7 Å². The maximum absolute atomic E-state index is 14.1. The van der Waals surface area contributed by atoms with Gasteiger partial charge in [0, 0.05) is 30.1 Å². The van der Waals surface area contributed by atoms with Crippen molar-refractivity contribution in [1.82, 2.24) is 9.80 Å². The van der Waals surface area contributed by atoms with Crippen molar-refractivity contribution < 1.29 is 18.7 Å². The standard InChI is InChI=1S/C17H22BrClFN3O3/c1-10-9-22(16(25)26-17(2,3)4)7-8-23(10)15(24)21-12-6-5-11(18)13(19)14(12)20/h5-6,10H,7-9H2,1-4H3,(H,21,24). The summed E-state index contributed by atoms with van der Waals surface area (Å²) in [5.74, 6) is -0.700. The quantitative estimate of drug-likeness (QED) is 0.630. The summed E-state index contributed by atoms with van der Waals surface area (Å²) in [5, 5.41) is 2.44. The molecule has 1 aromatic rings. The van der Waals surface area contributed by atoms with Gasteiger partial charge in [-0.1, -0.05) is 11.6 Å². The van der Waals surface area contributed by atoms with Crippen molar-refractivity contribution in [3.63, 3.8) is 0 Å². The van der Waals surface area contributed by atoms with Gasteiger partial charge in [0.2, 0.25) is 0 Å². The zero-order valence-electron chi connectivity index (χ0n) is 15.1. The van der Waals surface area contributed by atoms with E-state index in [2.05, 4.69) is 21.2 Å². The number of ether oxygens (including phenoxy) is 1. The molecule has 144 valence electrons. The van der Waals surface area contributed by atoms with E-state index in [0.717, 1.165) is 0 Å². The first kappa shape index (κ1) is 20.8. The molecule has 1 atom stereocenters. The lowest BCUT2D eigenvalue weighted by Gasteiger charge is -2.40. The van der Waals surface area contributed by atoms with Crippen molar-refractivity contribution in [3.8, 4) is 0 Å². The lowest BCUT2D eigenvalue weighted by molar-refractivity contribution is 0.0112. The number of piperazine rings is 1. The van der Waals surface area contributed by atoms with Crippen LogP contribution in [0, 0.1) is 5.82 Å². The molecule has 0 aliphatic carbocycles. The predicted octanol–water partition coefficient (Wildman–Crippen LogP) is 4.71. The molecular weight excluding hydrogens is 429 g/mol. The Morgan fingerprint density at radius 3 is 2.58 bits per heavy atom. The van der Waals surface area contributed by atoms with Crippen molar-refractivity contribution in [2.75, 3.05) is 25.0 Å². The van der Waals surface area contributed by atoms with Crippen molar-refractivity contribution in [3.05, 3.63) is 27.4 Å². The Bertz CT molecular complexity index is 711. The van der Waals surface area contributed by atoms with Crippen molar-refractivity contribution in [2.45, 2.75) is 39.3 Å². The smallest absolute Gasteiger partial charge is 0.410 e. The third kappa shape index (κ3) is 5.01. The Morgan fingerprint density at radius 1 is 1.35 bits per heavy atom. The molecule has 1 aliphatic heterocycles. The molecule has 6 nitrogen and oxygen atoms in total. The molecule has 0 aromatic heterocycles. The molecule has 1 N–H and O–H groups in total. The number of nitrogens with zero attached hydrogens (tertiary/aromatic N) is 2. The predicted molar refractivity (Wildman–Crippen MR) is 102 cm³/mol. The molecule has 0 spiro atoms. The summed E-state index contributed by atoms with van der Waals surface area (Å²) < 4.78 is 19.9. The Kier molecular flexibility index (Phi) is 6.39. The Hall–Kier alpha value is -1.54. The normalized spacial score (nSPS) is 17.9. The zero-order valence-corrected chi connectivity index (χ0v) is 17.4. The first-order valence-corrected chi connectivity index (χ1v) is 9.35. The Labute approximate surface area is 165 Å². The molecule has 9 heteroatoms. The number of amides is 3. The number of urea groups is 1. The highest BCUT2D eigenvalue weighted by atomic mass is 79.9. The lowest BCUT2D eigenvalue weighted by Crippen LogP contribution is -2.57. The van der Waals surface area contributed by atoms with Crippen LogP contribution in [0.15, 0.2) is 16.6 Å². The SMILES string of the molecule is CC1CN(C(=O)OC(C)(C)C)CCN1C(=O)Nc1ccc(Br)c(Cl)c1F. The summed E-state index contributed by atoms with van der Waals surface area (Å²) >= 11 is 8.97. The fourth-order valence-electron chi connectivity index (χ4n) is 2.56. The van der Waals surface area contributed by atoms with E-state index in [1.165, 1.54) is 6.07 Å². The molecule has 0 saturated carbocycles. The fraction of sp³-hybridized carbons (Fsp3) is 0.529. The van der Waals surface area contributed by atoms with E-state index in [0.29, 0.717) is 24.1 Å². The number of halogens is 3. The van der Waals surface area contributed by atoms with Crippen LogP contribution < -0.4 is 5.32 Å². The minimum absolute atomic E-state index is 0.00460. The highest BCUT2D eigenvalue weighted by molar-refractivity contribution is 9.10. The number of hydrogen-bond donors (Lipinski definition) is 1. The number of rotatable bonds is 1. The number of hydrogen-bond acceptors (Lipinski definition) is 3. The Balaban J connectivity index is 2.00. The molecule has 1 fully saturated rings. The zero-order chi connectivity index (χ0) is 19.6. The summed E-state index contributed by atoms with van der Waals surface area (Å²) in [5.41, 5.74) is -0.572. The fourth-order valence-corrected chi connectivity index (χ4v) is 3.03. The maximum atomic E-state index is 14.1. The second kappa shape index (κ2) is 8.00. The van der Waals surface area contributed by atoms with E-state index in [4.69, 9.17) is 16.3 Å². The highest BCUT2D eigenvalue weighted by Gasteiger charge is 2.32. The second-order valence-electron chi connectivity index (χ2n) is 7.12. The van der Waals surface area contributed by atoms with Crippen LogP contribution in [0.3, 0.4) is 0 Å². The molecule has 1 heterocycles. The summed E-state index contributed by atoms with van der Waals surface area (Å²) in [6.07, 6.45) is -0.407. The minimum Gasteiger partial charge on any atom is -0.444 e. The van der Waals surface area contributed by atoms with Crippen LogP contribution in [-0.4, -0.2) is 53.2 Å². The van der Waals surface area contributed by atoms with E-state index in [1.54, 1.807) is 36.6 Å². The van der Waals surface area contributed by atoms with Gasteiger partial charge in [0.15, 0.2) is 5.82 Å². The van der Waals surface area contributed by atoms with Crippen molar-refractivity contribution >= 4 is 45.3 Å². The summed E-state index contributed by atoms with van der Waals surface area (Å²) in [6.45, 7) is 8.23. The molecule has 1 aromatic carbocycles. The van der Waals surface area contributed by atoms with E-state index < -0.39 is 23.5 Å². The number of anilines is 1. The number of carbonyl (C=O) groups is 2.